The molecule has 3 rings (SSSR count). The van der Waals surface area contributed by atoms with Gasteiger partial charge in [-0.1, -0.05) is 13.8 Å². The summed E-state index contributed by atoms with van der Waals surface area (Å²) >= 11 is 0. The molecule has 0 amide bonds. The number of hydrogen-bond acceptors (Lipinski definition) is 7. The third-order valence-corrected chi connectivity index (χ3v) is 4.43. The average molecular weight is 388 g/mol. The Balaban J connectivity index is 1.82. The minimum atomic E-state index is -0.507. The van der Waals surface area contributed by atoms with Crippen molar-refractivity contribution < 1.29 is 9.31 Å². The predicted molar refractivity (Wildman–Crippen MR) is 109 cm³/mol. The minimum absolute atomic E-state index is 0.0769. The Morgan fingerprint density at radius 2 is 2.04 bits per heavy atom. The van der Waals surface area contributed by atoms with Crippen LogP contribution in [-0.2, 0) is 0 Å². The van der Waals surface area contributed by atoms with Gasteiger partial charge in [-0.05, 0) is 30.2 Å². The molecule has 1 aromatic heterocycles. The first kappa shape index (κ1) is 19.8. The van der Waals surface area contributed by atoms with E-state index in [9.17, 15) is 14.5 Å². The highest BCUT2D eigenvalue weighted by Gasteiger charge is 2.18. The number of aromatic nitrogens is 1. The summed E-state index contributed by atoms with van der Waals surface area (Å²) in [7, 11) is 0. The summed E-state index contributed by atoms with van der Waals surface area (Å²) in [5, 5.41) is 20.6. The molecule has 150 valence electrons. The third-order valence-electron chi connectivity index (χ3n) is 4.43. The molecular weight excluding hydrogens is 363 g/mol. The predicted octanol–water partition coefficient (Wildman–Crippen LogP) is 3.35. The van der Waals surface area contributed by atoms with Gasteiger partial charge >= 0.3 is 5.69 Å². The Morgan fingerprint density at radius 1 is 1.29 bits per heavy atom. The van der Waals surface area contributed by atoms with Gasteiger partial charge in [0, 0.05) is 44.5 Å². The number of nitrogens with one attached hydrogen (secondary N) is 3. The fourth-order valence-electron chi connectivity index (χ4n) is 2.98. The molecule has 28 heavy (non-hydrogen) atoms. The Bertz CT molecular complexity index is 839. The molecule has 0 radical (unpaired) electrons. The Kier molecular flexibility index (Phi) is 6.25. The number of benzene rings is 1. The van der Waals surface area contributed by atoms with Crippen molar-refractivity contribution in [3.05, 3.63) is 46.3 Å². The van der Waals surface area contributed by atoms with Gasteiger partial charge in [-0.2, -0.15) is 0 Å². The molecule has 9 heteroatoms. The van der Waals surface area contributed by atoms with Crippen LogP contribution in [0.2, 0.25) is 0 Å². The summed E-state index contributed by atoms with van der Waals surface area (Å²) in [4.78, 5) is 17.1. The quantitative estimate of drug-likeness (QED) is 0.494. The molecule has 1 saturated heterocycles. The lowest BCUT2D eigenvalue weighted by molar-refractivity contribution is -0.384. The fourth-order valence-corrected chi connectivity index (χ4v) is 2.98. The lowest BCUT2D eigenvalue weighted by atomic mass is 10.2. The van der Waals surface area contributed by atoms with Crippen LogP contribution in [0.1, 0.15) is 13.8 Å². The normalized spacial score (nSPS) is 14.2. The molecule has 0 bridgehead atoms. The van der Waals surface area contributed by atoms with E-state index in [1.807, 2.05) is 4.90 Å². The average Bonchev–Trinajstić information content (AvgIpc) is 2.67. The van der Waals surface area contributed by atoms with Crippen LogP contribution < -0.4 is 20.9 Å². The van der Waals surface area contributed by atoms with Crippen molar-refractivity contribution in [3.8, 4) is 0 Å². The van der Waals surface area contributed by atoms with Gasteiger partial charge in [0.1, 0.15) is 11.6 Å². The Morgan fingerprint density at radius 3 is 2.68 bits per heavy atom. The molecule has 0 unspecified atom stereocenters. The first-order chi connectivity index (χ1) is 13.4. The molecule has 3 N–H and O–H groups in total. The van der Waals surface area contributed by atoms with E-state index in [0.29, 0.717) is 29.7 Å². The molecule has 1 aliphatic rings. The molecule has 0 spiro atoms. The van der Waals surface area contributed by atoms with Crippen molar-refractivity contribution in [1.82, 2.24) is 10.3 Å². The summed E-state index contributed by atoms with van der Waals surface area (Å²) in [5.41, 5.74) is 0.775. The van der Waals surface area contributed by atoms with Crippen LogP contribution >= 0.6 is 0 Å². The van der Waals surface area contributed by atoms with E-state index in [1.54, 1.807) is 18.2 Å². The number of hydrogen-bond donors (Lipinski definition) is 3. The highest BCUT2D eigenvalue weighted by molar-refractivity contribution is 5.69. The van der Waals surface area contributed by atoms with Gasteiger partial charge in [0.05, 0.1) is 10.6 Å². The number of piperazine rings is 1. The molecule has 8 nitrogen and oxygen atoms in total. The SMILES string of the molecule is CC(C)CNc1ccc([N+](=O)[O-])c(Nc2ccc(N3CCNCC3)c(F)c2)n1. The van der Waals surface area contributed by atoms with Gasteiger partial charge in [-0.25, -0.2) is 9.37 Å². The maximum atomic E-state index is 14.6. The van der Waals surface area contributed by atoms with Gasteiger partial charge < -0.3 is 20.9 Å². The highest BCUT2D eigenvalue weighted by Crippen LogP contribution is 2.30. The molecular formula is C19H25FN6O2. The van der Waals surface area contributed by atoms with Crippen LogP contribution in [0.5, 0.6) is 0 Å². The Hall–Kier alpha value is -2.94. The topological polar surface area (TPSA) is 95.4 Å². The van der Waals surface area contributed by atoms with Crippen molar-refractivity contribution in [2.24, 2.45) is 5.92 Å². The van der Waals surface area contributed by atoms with E-state index in [1.165, 1.54) is 12.1 Å². The van der Waals surface area contributed by atoms with Crippen LogP contribution in [0.3, 0.4) is 0 Å². The highest BCUT2D eigenvalue weighted by atomic mass is 19.1. The summed E-state index contributed by atoms with van der Waals surface area (Å²) in [6, 6.07) is 7.70. The first-order valence-electron chi connectivity index (χ1n) is 9.35. The monoisotopic (exact) mass is 388 g/mol. The van der Waals surface area contributed by atoms with Crippen molar-refractivity contribution in [1.29, 1.82) is 0 Å². The Labute approximate surface area is 163 Å². The van der Waals surface area contributed by atoms with Gasteiger partial charge in [-0.15, -0.1) is 0 Å². The second-order valence-electron chi connectivity index (χ2n) is 7.12. The molecule has 2 heterocycles. The van der Waals surface area contributed by atoms with Crippen LogP contribution in [0.15, 0.2) is 30.3 Å². The fraction of sp³-hybridized carbons (Fsp3) is 0.421. The van der Waals surface area contributed by atoms with Gasteiger partial charge in [0.15, 0.2) is 0 Å². The van der Waals surface area contributed by atoms with Crippen molar-refractivity contribution in [2.75, 3.05) is 48.3 Å². The second kappa shape index (κ2) is 8.83. The van der Waals surface area contributed by atoms with Gasteiger partial charge in [0.2, 0.25) is 5.82 Å². The van der Waals surface area contributed by atoms with E-state index >= 15 is 0 Å². The third kappa shape index (κ3) is 4.86. The lowest BCUT2D eigenvalue weighted by Gasteiger charge is -2.29. The largest absolute Gasteiger partial charge is 0.370 e. The van der Waals surface area contributed by atoms with Gasteiger partial charge in [-0.3, -0.25) is 10.1 Å². The number of halogens is 1. The molecule has 0 atom stereocenters. The van der Waals surface area contributed by atoms with E-state index < -0.39 is 4.92 Å². The van der Waals surface area contributed by atoms with Crippen LogP contribution in [-0.4, -0.2) is 42.6 Å². The zero-order chi connectivity index (χ0) is 20.1. The summed E-state index contributed by atoms with van der Waals surface area (Å²) in [5.74, 6) is 0.636. The first-order valence-corrected chi connectivity index (χ1v) is 9.35. The lowest BCUT2D eigenvalue weighted by Crippen LogP contribution is -2.43. The zero-order valence-electron chi connectivity index (χ0n) is 16.0. The molecule has 1 aromatic carbocycles. The smallest absolute Gasteiger partial charge is 0.311 e. The van der Waals surface area contributed by atoms with Crippen LogP contribution in [0.25, 0.3) is 0 Å². The number of rotatable bonds is 7. The van der Waals surface area contributed by atoms with E-state index in [-0.39, 0.29) is 17.3 Å². The van der Waals surface area contributed by atoms with E-state index in [4.69, 9.17) is 0 Å². The zero-order valence-corrected chi connectivity index (χ0v) is 16.0. The molecule has 0 aliphatic carbocycles. The van der Waals surface area contributed by atoms with Crippen molar-refractivity contribution in [3.63, 3.8) is 0 Å². The summed E-state index contributed by atoms with van der Waals surface area (Å²) in [6.07, 6.45) is 0. The number of nitrogens with zero attached hydrogens (tertiary/aromatic N) is 3. The number of anilines is 4. The maximum absolute atomic E-state index is 14.6. The molecule has 1 aliphatic heterocycles. The summed E-state index contributed by atoms with van der Waals surface area (Å²) in [6.45, 7) is 7.90. The van der Waals surface area contributed by atoms with Crippen LogP contribution in [0.4, 0.5) is 33.1 Å². The van der Waals surface area contributed by atoms with E-state index in [2.05, 4.69) is 34.8 Å². The molecule has 1 fully saturated rings. The van der Waals surface area contributed by atoms with Crippen LogP contribution in [0, 0.1) is 21.8 Å². The standard InChI is InChI=1S/C19H25FN6O2/c1-13(2)12-22-18-6-5-17(26(27)28)19(24-18)23-14-3-4-16(15(20)11-14)25-9-7-21-8-10-25/h3-6,11,13,21H,7-10,12H2,1-2H3,(H2,22,23,24). The number of pyridine rings is 1. The van der Waals surface area contributed by atoms with Crippen molar-refractivity contribution in [2.45, 2.75) is 13.8 Å². The molecule has 2 aromatic rings. The van der Waals surface area contributed by atoms with Crippen molar-refractivity contribution >= 4 is 28.7 Å². The second-order valence-corrected chi connectivity index (χ2v) is 7.12. The molecule has 0 saturated carbocycles. The summed E-state index contributed by atoms with van der Waals surface area (Å²) < 4.78 is 14.6. The van der Waals surface area contributed by atoms with Gasteiger partial charge in [0.25, 0.3) is 0 Å². The minimum Gasteiger partial charge on any atom is -0.370 e. The maximum Gasteiger partial charge on any atom is 0.311 e. The van der Waals surface area contributed by atoms with E-state index in [0.717, 1.165) is 26.2 Å². The number of nitro groups is 1.